The first kappa shape index (κ1) is 13.2. The van der Waals surface area contributed by atoms with Crippen LogP contribution in [0.3, 0.4) is 0 Å². The lowest BCUT2D eigenvalue weighted by molar-refractivity contribution is 0.350. The standard InChI is InChI=1S/C14H11FOS2/c15-13-9-11(3-1-7-16)5-6-12(13)10-18-14-4-2-8-17-14/h2,4-6,8-9,16H,7,10H2. The normalized spacial score (nSPS) is 9.89. The summed E-state index contributed by atoms with van der Waals surface area (Å²) < 4.78 is 14.9. The molecule has 1 N–H and O–H groups in total. The number of thiophene rings is 1. The Hall–Kier alpha value is -1.28. The van der Waals surface area contributed by atoms with Gasteiger partial charge in [0.2, 0.25) is 0 Å². The molecule has 1 aromatic carbocycles. The highest BCUT2D eigenvalue weighted by molar-refractivity contribution is 8.00. The molecule has 0 aliphatic heterocycles. The van der Waals surface area contributed by atoms with Gasteiger partial charge in [-0.25, -0.2) is 4.39 Å². The lowest BCUT2D eigenvalue weighted by Crippen LogP contribution is -1.89. The number of thioether (sulfide) groups is 1. The van der Waals surface area contributed by atoms with Crippen LogP contribution in [-0.4, -0.2) is 11.7 Å². The highest BCUT2D eigenvalue weighted by atomic mass is 32.2. The van der Waals surface area contributed by atoms with Crippen LogP contribution in [0.4, 0.5) is 4.39 Å². The zero-order chi connectivity index (χ0) is 12.8. The quantitative estimate of drug-likeness (QED) is 0.684. The summed E-state index contributed by atoms with van der Waals surface area (Å²) in [7, 11) is 0. The molecule has 0 spiro atoms. The fourth-order valence-electron chi connectivity index (χ4n) is 1.38. The molecular weight excluding hydrogens is 267 g/mol. The molecule has 0 aliphatic carbocycles. The number of aliphatic hydroxyl groups is 1. The minimum Gasteiger partial charge on any atom is -0.384 e. The van der Waals surface area contributed by atoms with E-state index in [1.807, 2.05) is 17.5 Å². The van der Waals surface area contributed by atoms with Crippen molar-refractivity contribution in [1.29, 1.82) is 0 Å². The minimum atomic E-state index is -0.246. The molecule has 0 bridgehead atoms. The van der Waals surface area contributed by atoms with E-state index in [-0.39, 0.29) is 12.4 Å². The molecule has 0 saturated heterocycles. The van der Waals surface area contributed by atoms with Crippen molar-refractivity contribution in [1.82, 2.24) is 0 Å². The van der Waals surface area contributed by atoms with Gasteiger partial charge in [0.1, 0.15) is 12.4 Å². The summed E-state index contributed by atoms with van der Waals surface area (Å²) in [6, 6.07) is 8.94. The molecule has 1 heterocycles. The number of halogens is 1. The van der Waals surface area contributed by atoms with Crippen molar-refractivity contribution in [3.8, 4) is 11.8 Å². The molecule has 2 aromatic rings. The summed E-state index contributed by atoms with van der Waals surface area (Å²) >= 11 is 3.27. The molecule has 18 heavy (non-hydrogen) atoms. The highest BCUT2D eigenvalue weighted by Gasteiger charge is 2.04. The fraction of sp³-hybridized carbons (Fsp3) is 0.143. The van der Waals surface area contributed by atoms with Crippen molar-refractivity contribution in [2.75, 3.05) is 6.61 Å². The summed E-state index contributed by atoms with van der Waals surface area (Å²) in [5, 5.41) is 10.6. The molecule has 0 amide bonds. The third-order valence-corrected chi connectivity index (χ3v) is 4.41. The molecule has 0 radical (unpaired) electrons. The van der Waals surface area contributed by atoms with Gasteiger partial charge in [0.25, 0.3) is 0 Å². The van der Waals surface area contributed by atoms with Gasteiger partial charge < -0.3 is 5.11 Å². The number of aliphatic hydroxyl groups excluding tert-OH is 1. The lowest BCUT2D eigenvalue weighted by Gasteiger charge is -2.02. The summed E-state index contributed by atoms with van der Waals surface area (Å²) in [5.41, 5.74) is 1.26. The van der Waals surface area contributed by atoms with E-state index in [1.54, 1.807) is 35.2 Å². The molecule has 0 saturated carbocycles. The second-order valence-electron chi connectivity index (χ2n) is 3.49. The Balaban J connectivity index is 2.05. The monoisotopic (exact) mass is 278 g/mol. The van der Waals surface area contributed by atoms with Gasteiger partial charge in [0.15, 0.2) is 0 Å². The number of hydrogen-bond donors (Lipinski definition) is 1. The first-order chi connectivity index (χ1) is 8.79. The van der Waals surface area contributed by atoms with E-state index in [0.717, 1.165) is 0 Å². The molecule has 0 atom stereocenters. The third kappa shape index (κ3) is 3.61. The Labute approximate surface area is 114 Å². The second kappa shape index (κ2) is 6.60. The van der Waals surface area contributed by atoms with E-state index in [2.05, 4.69) is 11.8 Å². The topological polar surface area (TPSA) is 20.2 Å². The molecule has 92 valence electrons. The van der Waals surface area contributed by atoms with Gasteiger partial charge in [-0.3, -0.25) is 0 Å². The summed E-state index contributed by atoms with van der Waals surface area (Å²) in [6.45, 7) is -0.211. The van der Waals surface area contributed by atoms with E-state index in [9.17, 15) is 4.39 Å². The van der Waals surface area contributed by atoms with Gasteiger partial charge in [0, 0.05) is 11.3 Å². The number of rotatable bonds is 3. The van der Waals surface area contributed by atoms with Gasteiger partial charge in [-0.15, -0.1) is 23.1 Å². The van der Waals surface area contributed by atoms with Crippen molar-refractivity contribution < 1.29 is 9.50 Å². The maximum absolute atomic E-state index is 13.8. The average molecular weight is 278 g/mol. The molecule has 0 aliphatic rings. The van der Waals surface area contributed by atoms with Crippen molar-refractivity contribution in [3.05, 3.63) is 52.7 Å². The molecule has 0 unspecified atom stereocenters. The molecular formula is C14H11FOS2. The van der Waals surface area contributed by atoms with Crippen LogP contribution in [0, 0.1) is 17.7 Å². The summed E-state index contributed by atoms with van der Waals surface area (Å²) in [6.07, 6.45) is 0. The van der Waals surface area contributed by atoms with Crippen LogP contribution in [0.15, 0.2) is 39.9 Å². The van der Waals surface area contributed by atoms with E-state index in [0.29, 0.717) is 16.9 Å². The Morgan fingerprint density at radius 2 is 2.22 bits per heavy atom. The average Bonchev–Trinajstić information content (AvgIpc) is 2.88. The molecule has 0 fully saturated rings. The molecule has 2 rings (SSSR count). The van der Waals surface area contributed by atoms with Crippen molar-refractivity contribution in [2.45, 2.75) is 9.96 Å². The van der Waals surface area contributed by atoms with Crippen LogP contribution in [0.1, 0.15) is 11.1 Å². The van der Waals surface area contributed by atoms with Gasteiger partial charge in [-0.1, -0.05) is 24.0 Å². The Kier molecular flexibility index (Phi) is 4.82. The highest BCUT2D eigenvalue weighted by Crippen LogP contribution is 2.27. The maximum atomic E-state index is 13.8. The third-order valence-electron chi connectivity index (χ3n) is 2.23. The van der Waals surface area contributed by atoms with Crippen LogP contribution in [0.5, 0.6) is 0 Å². The zero-order valence-electron chi connectivity index (χ0n) is 9.52. The summed E-state index contributed by atoms with van der Waals surface area (Å²) in [4.78, 5) is 0. The minimum absolute atomic E-state index is 0.211. The van der Waals surface area contributed by atoms with Crippen LogP contribution in [0.25, 0.3) is 0 Å². The summed E-state index contributed by atoms with van der Waals surface area (Å²) in [5.74, 6) is 5.55. The van der Waals surface area contributed by atoms with Gasteiger partial charge >= 0.3 is 0 Å². The van der Waals surface area contributed by atoms with E-state index in [4.69, 9.17) is 5.11 Å². The van der Waals surface area contributed by atoms with Crippen molar-refractivity contribution >= 4 is 23.1 Å². The number of hydrogen-bond acceptors (Lipinski definition) is 3. The largest absolute Gasteiger partial charge is 0.384 e. The first-order valence-electron chi connectivity index (χ1n) is 5.34. The van der Waals surface area contributed by atoms with Crippen LogP contribution >= 0.6 is 23.1 Å². The predicted octanol–water partition coefficient (Wildman–Crippen LogP) is 3.52. The smallest absolute Gasteiger partial charge is 0.128 e. The van der Waals surface area contributed by atoms with Crippen LogP contribution in [-0.2, 0) is 5.75 Å². The van der Waals surface area contributed by atoms with Gasteiger partial charge in [-0.2, -0.15) is 0 Å². The predicted molar refractivity (Wildman–Crippen MR) is 74.2 cm³/mol. The first-order valence-corrected chi connectivity index (χ1v) is 7.20. The molecule has 4 heteroatoms. The van der Waals surface area contributed by atoms with E-state index in [1.165, 1.54) is 10.3 Å². The maximum Gasteiger partial charge on any atom is 0.128 e. The number of benzene rings is 1. The van der Waals surface area contributed by atoms with Crippen molar-refractivity contribution in [2.24, 2.45) is 0 Å². The Morgan fingerprint density at radius 1 is 1.33 bits per heavy atom. The van der Waals surface area contributed by atoms with Crippen LogP contribution in [0.2, 0.25) is 0 Å². The fourth-order valence-corrected chi connectivity index (χ4v) is 3.15. The van der Waals surface area contributed by atoms with Crippen molar-refractivity contribution in [3.63, 3.8) is 0 Å². The Morgan fingerprint density at radius 3 is 2.89 bits per heavy atom. The van der Waals surface area contributed by atoms with Gasteiger partial charge in [-0.05, 0) is 29.1 Å². The SMILES string of the molecule is OCC#Cc1ccc(CSc2cccs2)c(F)c1. The lowest BCUT2D eigenvalue weighted by atomic mass is 10.1. The Bertz CT molecular complexity index is 567. The van der Waals surface area contributed by atoms with Gasteiger partial charge in [0.05, 0.1) is 4.21 Å². The van der Waals surface area contributed by atoms with E-state index >= 15 is 0 Å². The second-order valence-corrected chi connectivity index (χ2v) is 5.71. The van der Waals surface area contributed by atoms with Crippen LogP contribution < -0.4 is 0 Å². The molecule has 1 aromatic heterocycles. The van der Waals surface area contributed by atoms with E-state index < -0.39 is 0 Å². The molecule has 1 nitrogen and oxygen atoms in total. The zero-order valence-corrected chi connectivity index (χ0v) is 11.2.